The van der Waals surface area contributed by atoms with E-state index >= 15 is 0 Å². The number of alkyl halides is 1. The monoisotopic (exact) mass is 390 g/mol. The average molecular weight is 392 g/mol. The SMILES string of the molecule is Fc1cc2c(cc1Cl)nc(CCl)n2-c1ccc(Br)cc1F. The Kier molecular flexibility index (Phi) is 3.90. The van der Waals surface area contributed by atoms with Gasteiger partial charge >= 0.3 is 0 Å². The molecule has 0 amide bonds. The summed E-state index contributed by atoms with van der Waals surface area (Å²) in [6.07, 6.45) is 0. The lowest BCUT2D eigenvalue weighted by Crippen LogP contribution is -2.02. The Labute approximate surface area is 137 Å². The molecule has 0 fully saturated rings. The third-order valence-electron chi connectivity index (χ3n) is 3.04. The summed E-state index contributed by atoms with van der Waals surface area (Å²) in [5.74, 6) is -0.590. The van der Waals surface area contributed by atoms with Crippen molar-refractivity contribution in [1.82, 2.24) is 9.55 Å². The largest absolute Gasteiger partial charge is 0.292 e. The number of hydrogen-bond acceptors (Lipinski definition) is 1. The van der Waals surface area contributed by atoms with E-state index in [0.717, 1.165) is 0 Å². The van der Waals surface area contributed by atoms with Crippen molar-refractivity contribution in [2.24, 2.45) is 0 Å². The Morgan fingerprint density at radius 1 is 1.14 bits per heavy atom. The van der Waals surface area contributed by atoms with Gasteiger partial charge in [-0.05, 0) is 24.3 Å². The van der Waals surface area contributed by atoms with Crippen LogP contribution in [0.3, 0.4) is 0 Å². The van der Waals surface area contributed by atoms with Crippen LogP contribution in [0.1, 0.15) is 5.82 Å². The number of rotatable bonds is 2. The standard InChI is InChI=1S/C14H7BrCl2F2N2/c15-7-1-2-12(10(19)3-7)21-13-5-9(18)8(17)4-11(13)20-14(21)6-16/h1-5H,6H2. The average Bonchev–Trinajstić information content (AvgIpc) is 2.77. The number of imidazole rings is 1. The second-order valence-electron chi connectivity index (χ2n) is 4.35. The Morgan fingerprint density at radius 2 is 1.90 bits per heavy atom. The summed E-state index contributed by atoms with van der Waals surface area (Å²) >= 11 is 14.8. The van der Waals surface area contributed by atoms with E-state index in [2.05, 4.69) is 20.9 Å². The predicted molar refractivity (Wildman–Crippen MR) is 83.3 cm³/mol. The van der Waals surface area contributed by atoms with Gasteiger partial charge in [-0.1, -0.05) is 27.5 Å². The minimum atomic E-state index is -0.594. The first-order valence-electron chi connectivity index (χ1n) is 5.89. The van der Waals surface area contributed by atoms with E-state index in [1.54, 1.807) is 12.1 Å². The highest BCUT2D eigenvalue weighted by molar-refractivity contribution is 9.10. The highest BCUT2D eigenvalue weighted by atomic mass is 79.9. The summed E-state index contributed by atoms with van der Waals surface area (Å²) in [6.45, 7) is 0. The topological polar surface area (TPSA) is 17.8 Å². The van der Waals surface area contributed by atoms with Gasteiger partial charge in [-0.3, -0.25) is 4.57 Å². The number of hydrogen-bond donors (Lipinski definition) is 0. The van der Waals surface area contributed by atoms with Gasteiger partial charge in [-0.25, -0.2) is 13.8 Å². The summed E-state index contributed by atoms with van der Waals surface area (Å²) in [7, 11) is 0. The summed E-state index contributed by atoms with van der Waals surface area (Å²) in [5, 5.41) is -0.0375. The Morgan fingerprint density at radius 3 is 2.57 bits per heavy atom. The Bertz CT molecular complexity index is 849. The summed E-state index contributed by atoms with van der Waals surface area (Å²) < 4.78 is 30.0. The van der Waals surface area contributed by atoms with Crippen molar-refractivity contribution < 1.29 is 8.78 Å². The third-order valence-corrected chi connectivity index (χ3v) is 4.06. The van der Waals surface area contributed by atoms with Gasteiger partial charge in [0, 0.05) is 10.5 Å². The molecule has 108 valence electrons. The molecule has 0 bridgehead atoms. The molecule has 3 rings (SSSR count). The number of aromatic nitrogens is 2. The van der Waals surface area contributed by atoms with Gasteiger partial charge in [-0.2, -0.15) is 0 Å². The lowest BCUT2D eigenvalue weighted by molar-refractivity contribution is 0.615. The summed E-state index contributed by atoms with van der Waals surface area (Å²) in [6, 6.07) is 7.21. The van der Waals surface area contributed by atoms with E-state index in [9.17, 15) is 8.78 Å². The molecule has 0 aliphatic rings. The van der Waals surface area contributed by atoms with Crippen LogP contribution in [0.2, 0.25) is 5.02 Å². The lowest BCUT2D eigenvalue weighted by atomic mass is 10.2. The fraction of sp³-hybridized carbons (Fsp3) is 0.0714. The van der Waals surface area contributed by atoms with Gasteiger partial charge in [-0.15, -0.1) is 11.6 Å². The van der Waals surface area contributed by atoms with Crippen molar-refractivity contribution in [2.45, 2.75) is 5.88 Å². The number of fused-ring (bicyclic) bond motifs is 1. The zero-order valence-electron chi connectivity index (χ0n) is 10.4. The fourth-order valence-corrected chi connectivity index (χ4v) is 2.81. The van der Waals surface area contributed by atoms with Crippen molar-refractivity contribution in [3.8, 4) is 5.69 Å². The van der Waals surface area contributed by atoms with Gasteiger partial charge in [0.05, 0.1) is 27.6 Å². The number of halogens is 5. The zero-order valence-corrected chi connectivity index (χ0v) is 13.5. The van der Waals surface area contributed by atoms with Crippen molar-refractivity contribution in [3.05, 3.63) is 57.3 Å². The van der Waals surface area contributed by atoms with Crippen LogP contribution in [0.15, 0.2) is 34.8 Å². The van der Waals surface area contributed by atoms with Crippen LogP contribution in [0.5, 0.6) is 0 Å². The Hall–Kier alpha value is -1.17. The molecule has 0 N–H and O–H groups in total. The molecule has 0 unspecified atom stereocenters. The smallest absolute Gasteiger partial charge is 0.148 e. The molecule has 1 heterocycles. The molecule has 21 heavy (non-hydrogen) atoms. The van der Waals surface area contributed by atoms with Gasteiger partial charge in [0.1, 0.15) is 17.5 Å². The van der Waals surface area contributed by atoms with E-state index < -0.39 is 11.6 Å². The first-order valence-corrected chi connectivity index (χ1v) is 7.59. The van der Waals surface area contributed by atoms with Gasteiger partial charge in [0.2, 0.25) is 0 Å². The highest BCUT2D eigenvalue weighted by Crippen LogP contribution is 2.29. The Balaban J connectivity index is 2.37. The van der Waals surface area contributed by atoms with Crippen molar-refractivity contribution >= 4 is 50.2 Å². The van der Waals surface area contributed by atoms with Crippen LogP contribution in [0.4, 0.5) is 8.78 Å². The maximum absolute atomic E-state index is 14.2. The molecule has 7 heteroatoms. The number of benzene rings is 2. The summed E-state index contributed by atoms with van der Waals surface area (Å²) in [5.41, 5.74) is 1.12. The van der Waals surface area contributed by atoms with E-state index in [0.29, 0.717) is 21.3 Å². The van der Waals surface area contributed by atoms with E-state index in [1.165, 1.54) is 22.8 Å². The zero-order chi connectivity index (χ0) is 15.1. The van der Waals surface area contributed by atoms with E-state index in [4.69, 9.17) is 23.2 Å². The van der Waals surface area contributed by atoms with Crippen LogP contribution in [0.25, 0.3) is 16.7 Å². The minimum Gasteiger partial charge on any atom is -0.292 e. The molecule has 0 spiro atoms. The molecule has 3 aromatic rings. The molecular weight excluding hydrogens is 385 g/mol. The first-order chi connectivity index (χ1) is 10.0. The molecular formula is C14H7BrCl2F2N2. The molecule has 0 aliphatic carbocycles. The first kappa shape index (κ1) is 14.8. The highest BCUT2D eigenvalue weighted by Gasteiger charge is 2.17. The van der Waals surface area contributed by atoms with Crippen molar-refractivity contribution in [1.29, 1.82) is 0 Å². The second kappa shape index (κ2) is 5.55. The molecule has 2 aromatic carbocycles. The van der Waals surface area contributed by atoms with Gasteiger partial charge < -0.3 is 0 Å². The van der Waals surface area contributed by atoms with Crippen molar-refractivity contribution in [2.75, 3.05) is 0 Å². The van der Waals surface area contributed by atoms with Gasteiger partial charge in [0.25, 0.3) is 0 Å². The molecule has 1 aromatic heterocycles. The number of nitrogens with zero attached hydrogens (tertiary/aromatic N) is 2. The minimum absolute atomic E-state index is 0.0375. The molecule has 0 saturated carbocycles. The maximum atomic E-state index is 14.2. The van der Waals surface area contributed by atoms with Crippen LogP contribution < -0.4 is 0 Å². The molecule has 0 saturated heterocycles. The van der Waals surface area contributed by atoms with E-state index in [1.807, 2.05) is 0 Å². The third kappa shape index (κ3) is 2.54. The quantitative estimate of drug-likeness (QED) is 0.530. The van der Waals surface area contributed by atoms with Crippen LogP contribution in [-0.2, 0) is 5.88 Å². The lowest BCUT2D eigenvalue weighted by Gasteiger charge is -2.09. The van der Waals surface area contributed by atoms with Crippen molar-refractivity contribution in [3.63, 3.8) is 0 Å². The molecule has 2 nitrogen and oxygen atoms in total. The maximum Gasteiger partial charge on any atom is 0.148 e. The fourth-order valence-electron chi connectivity index (χ4n) is 2.14. The molecule has 0 aliphatic heterocycles. The molecule has 0 radical (unpaired) electrons. The second-order valence-corrected chi connectivity index (χ2v) is 5.94. The predicted octanol–water partition coefficient (Wildman–Crippen LogP) is 5.46. The summed E-state index contributed by atoms with van der Waals surface area (Å²) in [4.78, 5) is 4.27. The van der Waals surface area contributed by atoms with Crippen LogP contribution in [0, 0.1) is 11.6 Å². The van der Waals surface area contributed by atoms with Gasteiger partial charge in [0.15, 0.2) is 0 Å². The van der Waals surface area contributed by atoms with Crippen LogP contribution >= 0.6 is 39.1 Å². The van der Waals surface area contributed by atoms with E-state index in [-0.39, 0.29) is 16.6 Å². The normalized spacial score (nSPS) is 11.3. The van der Waals surface area contributed by atoms with Crippen LogP contribution in [-0.4, -0.2) is 9.55 Å². The molecule has 0 atom stereocenters.